The highest BCUT2D eigenvalue weighted by Gasteiger charge is 2.51. The highest BCUT2D eigenvalue weighted by Crippen LogP contribution is 2.45. The van der Waals surface area contributed by atoms with Gasteiger partial charge in [0.1, 0.15) is 24.9 Å². The number of hydrogen-bond acceptors (Lipinski definition) is 21. The van der Waals surface area contributed by atoms with Crippen LogP contribution in [0.4, 0.5) is 4.79 Å². The van der Waals surface area contributed by atoms with Gasteiger partial charge in [-0.2, -0.15) is 0 Å². The second-order valence-electron chi connectivity index (χ2n) is 23.8. The molecule has 0 radical (unpaired) electrons. The molecule has 494 valence electrons. The Kier molecular flexibility index (Phi) is 27.1. The molecule has 2 fully saturated rings. The largest absolute Gasteiger partial charge is 0.462 e. The van der Waals surface area contributed by atoms with Crippen molar-refractivity contribution in [1.29, 1.82) is 0 Å². The van der Waals surface area contributed by atoms with Crippen LogP contribution in [0.15, 0.2) is 163 Å². The first-order valence-corrected chi connectivity index (χ1v) is 30.8. The zero-order valence-corrected chi connectivity index (χ0v) is 51.4. The third-order valence-electron chi connectivity index (χ3n) is 16.9. The molecule has 3 aromatic rings. The number of oxime groups is 1. The topological polar surface area (TPSA) is 369 Å². The Morgan fingerprint density at radius 1 is 0.659 bits per heavy atom. The van der Waals surface area contributed by atoms with E-state index in [0.29, 0.717) is 0 Å². The Morgan fingerprint density at radius 2 is 1.25 bits per heavy atom. The Bertz CT molecular complexity index is 3040. The first-order valence-electron chi connectivity index (χ1n) is 30.8. The van der Waals surface area contributed by atoms with Gasteiger partial charge in [0.25, 0.3) is 0 Å². The van der Waals surface area contributed by atoms with Gasteiger partial charge in [0.2, 0.25) is 5.91 Å². The van der Waals surface area contributed by atoms with Gasteiger partial charge in [-0.15, -0.1) is 0 Å². The standard InChI is InChI=1S/C68H88N4O19/c1-40-21-15-13-11-9-7-5-6-8-10-12-14-16-22-48(90-66-63(82)60(62(81)43(4)89-66)70-67(84)87-39-53-51-25-19-17-23-49(51)50-24-18-20-26-52(50)53)36-57-59(65(83)71-64(72-86)44-29-31-69-32-30-44)56(78)38-68(85,91-57)37-47(75)34-55(77)54(76)28-27-45(73)33-46(74)35-58(79)88-42(3)41(2)61(40)80/h5-26,29-32,40-43,45-48,53-57,59-63,66,73-78,80-82,85-86H,27-28,33-39H2,1-4H3,(H,70,84)(H,71,72,83)/b6-5+,9-7+,10-8+,13-11+,14-12+,21-15+,22-16+/t40-,41-,42-,43+,45+,46+,47-,48-,54+,55+,56-,57-,59+,60-,61+,62+,63-,66-,68+/m0/s1. The maximum Gasteiger partial charge on any atom is 0.407 e. The summed E-state index contributed by atoms with van der Waals surface area (Å²) in [7, 11) is 0. The SMILES string of the molecule is C[C@@H]1[C@H](O)[C@@H](C)/C=C/C=C/C=C/C=C/C=C/C=C/C=C/[C@H](O[C@@H]2O[C@H](C)[C@@H](O)[C@H](NC(=O)OCC3c4ccccc4-c4ccccc43)[C@@H]2O)C[C@@H]2O[C@](O)(C[C@@H](O)C[C@@H](O)[C@H](O)CC[C@@H](O)C[C@@H](O)CC(=O)O[C@H]1C)C[C@H](O)[C@H]2C(=O)NC(=NO)c1ccncc1. The van der Waals surface area contributed by atoms with Crippen LogP contribution in [0.5, 0.6) is 0 Å². The Hall–Kier alpha value is -7.07. The predicted octanol–water partition coefficient (Wildman–Crippen LogP) is 4.55. The second-order valence-corrected chi connectivity index (χ2v) is 23.8. The molecule has 91 heavy (non-hydrogen) atoms. The number of carbonyl (C=O) groups is 3. The Labute approximate surface area is 529 Å². The van der Waals surface area contributed by atoms with E-state index in [2.05, 4.69) is 20.8 Å². The number of carbonyl (C=O) groups excluding carboxylic acids is 3. The summed E-state index contributed by atoms with van der Waals surface area (Å²) in [5.74, 6) is -7.17. The van der Waals surface area contributed by atoms with Crippen molar-refractivity contribution in [1.82, 2.24) is 15.6 Å². The van der Waals surface area contributed by atoms with Crippen molar-refractivity contribution in [2.45, 2.75) is 182 Å². The fourth-order valence-electron chi connectivity index (χ4n) is 11.8. The number of pyridine rings is 1. The lowest BCUT2D eigenvalue weighted by molar-refractivity contribution is -0.307. The highest BCUT2D eigenvalue weighted by atomic mass is 16.7. The molecule has 4 aliphatic rings. The van der Waals surface area contributed by atoms with E-state index in [9.17, 15) is 70.7 Å². The van der Waals surface area contributed by atoms with Crippen LogP contribution in [-0.2, 0) is 33.3 Å². The third-order valence-corrected chi connectivity index (χ3v) is 16.9. The molecule has 0 saturated carbocycles. The molecule has 1 aromatic heterocycles. The van der Waals surface area contributed by atoms with Gasteiger partial charge in [-0.05, 0) is 67.5 Å². The van der Waals surface area contributed by atoms with Gasteiger partial charge in [0.15, 0.2) is 17.9 Å². The van der Waals surface area contributed by atoms with E-state index in [1.165, 1.54) is 37.5 Å². The average Bonchev–Trinajstić information content (AvgIpc) is 1.76. The Morgan fingerprint density at radius 3 is 1.87 bits per heavy atom. The number of cyclic esters (lactones) is 1. The molecular formula is C68H88N4O19. The van der Waals surface area contributed by atoms with E-state index in [1.54, 1.807) is 86.8 Å². The molecule has 13 N–H and O–H groups in total. The van der Waals surface area contributed by atoms with Crippen molar-refractivity contribution >= 4 is 23.8 Å². The summed E-state index contributed by atoms with van der Waals surface area (Å²) in [5, 5.41) is 132. The lowest BCUT2D eigenvalue weighted by atomic mass is 9.82. The molecule has 1 aliphatic carbocycles. The number of aliphatic hydroxyl groups excluding tert-OH is 9. The maximum absolute atomic E-state index is 14.5. The zero-order valence-electron chi connectivity index (χ0n) is 51.4. The molecule has 2 bridgehead atoms. The van der Waals surface area contributed by atoms with Crippen LogP contribution in [0.3, 0.4) is 0 Å². The molecule has 3 aliphatic heterocycles. The minimum atomic E-state index is -2.45. The number of benzene rings is 2. The number of hydrogen-bond donors (Lipinski definition) is 13. The molecule has 2 aromatic carbocycles. The third kappa shape index (κ3) is 20.5. The molecule has 23 nitrogen and oxygen atoms in total. The van der Waals surface area contributed by atoms with E-state index in [-0.39, 0.29) is 49.1 Å². The summed E-state index contributed by atoms with van der Waals surface area (Å²) in [6.07, 6.45) is 2.97. The number of fused-ring (bicyclic) bond motifs is 5. The number of nitrogens with zero attached hydrogens (tertiary/aromatic N) is 2. The van der Waals surface area contributed by atoms with Gasteiger partial charge in [-0.3, -0.25) is 14.6 Å². The van der Waals surface area contributed by atoms with Gasteiger partial charge >= 0.3 is 12.1 Å². The van der Waals surface area contributed by atoms with Crippen molar-refractivity contribution < 1.29 is 94.3 Å². The maximum atomic E-state index is 14.5. The van der Waals surface area contributed by atoms with Crippen LogP contribution >= 0.6 is 0 Å². The number of nitrogens with one attached hydrogen (secondary N) is 2. The minimum absolute atomic E-state index is 0.0719. The van der Waals surface area contributed by atoms with Crippen LogP contribution in [0.2, 0.25) is 0 Å². The number of aromatic nitrogens is 1. The van der Waals surface area contributed by atoms with Crippen molar-refractivity contribution in [3.8, 4) is 11.1 Å². The number of ether oxygens (including phenoxy) is 5. The van der Waals surface area contributed by atoms with E-state index in [1.807, 2.05) is 61.5 Å². The van der Waals surface area contributed by atoms with Crippen molar-refractivity contribution in [2.75, 3.05) is 6.61 Å². The van der Waals surface area contributed by atoms with Gasteiger partial charge < -0.3 is 90.6 Å². The fourth-order valence-corrected chi connectivity index (χ4v) is 11.8. The molecule has 2 saturated heterocycles. The smallest absolute Gasteiger partial charge is 0.407 e. The van der Waals surface area contributed by atoms with Gasteiger partial charge in [-0.25, -0.2) is 4.79 Å². The van der Waals surface area contributed by atoms with Crippen LogP contribution in [0, 0.1) is 17.8 Å². The number of allylic oxidation sites excluding steroid dienone is 12. The molecule has 19 atom stereocenters. The lowest BCUT2D eigenvalue weighted by Gasteiger charge is -2.46. The first kappa shape index (κ1) is 71.4. The number of amides is 2. The molecule has 23 heteroatoms. The van der Waals surface area contributed by atoms with Crippen molar-refractivity contribution in [3.05, 3.63) is 175 Å². The zero-order chi connectivity index (χ0) is 65.8. The summed E-state index contributed by atoms with van der Waals surface area (Å²) < 4.78 is 30.1. The minimum Gasteiger partial charge on any atom is -0.462 e. The predicted molar refractivity (Wildman–Crippen MR) is 334 cm³/mol. The lowest BCUT2D eigenvalue weighted by Crippen LogP contribution is -2.64. The van der Waals surface area contributed by atoms with Crippen LogP contribution < -0.4 is 10.6 Å². The number of alkyl carbamates (subject to hydrolysis) is 1. The van der Waals surface area contributed by atoms with Crippen molar-refractivity contribution in [3.63, 3.8) is 0 Å². The van der Waals surface area contributed by atoms with E-state index in [4.69, 9.17) is 23.7 Å². The summed E-state index contributed by atoms with van der Waals surface area (Å²) in [5.41, 5.74) is 4.18. The molecule has 0 spiro atoms. The first-order chi connectivity index (χ1) is 43.6. The average molecular weight is 1270 g/mol. The number of esters is 1. The van der Waals surface area contributed by atoms with Crippen molar-refractivity contribution in [2.24, 2.45) is 22.9 Å². The van der Waals surface area contributed by atoms with Crippen LogP contribution in [0.25, 0.3) is 11.1 Å². The van der Waals surface area contributed by atoms with E-state index in [0.717, 1.165) is 22.3 Å². The molecule has 0 unspecified atom stereocenters. The monoisotopic (exact) mass is 1260 g/mol. The van der Waals surface area contributed by atoms with E-state index < -0.39 is 159 Å². The summed E-state index contributed by atoms with van der Waals surface area (Å²) >= 11 is 0. The van der Waals surface area contributed by atoms with Crippen LogP contribution in [0.1, 0.15) is 102 Å². The summed E-state index contributed by atoms with van der Waals surface area (Å²) in [6.45, 7) is 6.62. The molecular weight excluding hydrogens is 1180 g/mol. The number of aliphatic hydroxyl groups is 10. The number of rotatable bonds is 7. The van der Waals surface area contributed by atoms with Gasteiger partial charge in [-0.1, -0.05) is 153 Å². The molecule has 4 heterocycles. The fraction of sp³-hybridized carbons (Fsp3) is 0.485. The highest BCUT2D eigenvalue weighted by molar-refractivity contribution is 6.08. The normalized spacial score (nSPS) is 36.4. The summed E-state index contributed by atoms with van der Waals surface area (Å²) in [4.78, 5) is 44.9. The van der Waals surface area contributed by atoms with Gasteiger partial charge in [0, 0.05) is 61.4 Å². The van der Waals surface area contributed by atoms with Gasteiger partial charge in [0.05, 0.1) is 79.4 Å². The quantitative estimate of drug-likeness (QED) is 0.0507. The molecule has 2 amide bonds. The Balaban J connectivity index is 1.14. The number of amidine groups is 1. The molecule has 7 rings (SSSR count). The second kappa shape index (κ2) is 34.6. The van der Waals surface area contributed by atoms with Crippen LogP contribution in [-0.4, -0.2) is 189 Å². The van der Waals surface area contributed by atoms with E-state index >= 15 is 0 Å². The summed E-state index contributed by atoms with van der Waals surface area (Å²) in [6, 6.07) is 17.0.